The molecule has 1 aliphatic heterocycles. The van der Waals surface area contributed by atoms with Crippen molar-refractivity contribution in [3.05, 3.63) is 18.0 Å². The lowest BCUT2D eigenvalue weighted by molar-refractivity contribution is -0.179. The second-order valence-corrected chi connectivity index (χ2v) is 4.80. The van der Waals surface area contributed by atoms with Crippen LogP contribution in [-0.4, -0.2) is 53.3 Å². The fraction of sp³-hybridized carbons (Fsp3) is 0.667. The Morgan fingerprint density at radius 3 is 2.11 bits per heavy atom. The highest BCUT2D eigenvalue weighted by molar-refractivity contribution is 5.30. The topological polar surface area (TPSA) is 32.3 Å². The van der Waals surface area contributed by atoms with E-state index in [4.69, 9.17) is 0 Å². The van der Waals surface area contributed by atoms with Crippen LogP contribution >= 0.6 is 0 Å². The number of hydrogen-bond acceptors (Lipinski definition) is 4. The van der Waals surface area contributed by atoms with Crippen LogP contribution in [0.25, 0.3) is 0 Å². The van der Waals surface area contributed by atoms with Crippen molar-refractivity contribution in [1.29, 1.82) is 0 Å². The third-order valence-electron chi connectivity index (χ3n) is 3.39. The second kappa shape index (κ2) is 5.32. The predicted molar refractivity (Wildman–Crippen MR) is 66.1 cm³/mol. The van der Waals surface area contributed by atoms with Crippen LogP contribution < -0.4 is 4.90 Å². The van der Waals surface area contributed by atoms with Crippen molar-refractivity contribution in [2.75, 3.05) is 31.1 Å². The maximum Gasteiger partial charge on any atom is 0.403 e. The molecule has 19 heavy (non-hydrogen) atoms. The number of hydrogen-bond donors (Lipinski definition) is 0. The van der Waals surface area contributed by atoms with Gasteiger partial charge in [-0.1, -0.05) is 0 Å². The Morgan fingerprint density at radius 2 is 1.63 bits per heavy atom. The van der Waals surface area contributed by atoms with Crippen molar-refractivity contribution in [2.24, 2.45) is 0 Å². The van der Waals surface area contributed by atoms with Crippen molar-refractivity contribution >= 4 is 5.95 Å². The molecule has 7 heteroatoms. The fourth-order valence-electron chi connectivity index (χ4n) is 2.07. The lowest BCUT2D eigenvalue weighted by atomic mass is 10.2. The minimum absolute atomic E-state index is 0.373. The lowest BCUT2D eigenvalue weighted by Gasteiger charge is -2.38. The van der Waals surface area contributed by atoms with Gasteiger partial charge in [-0.05, 0) is 19.4 Å². The molecule has 1 aromatic heterocycles. The first-order valence-corrected chi connectivity index (χ1v) is 6.22. The Bertz CT molecular complexity index is 410. The molecule has 0 radical (unpaired) electrons. The van der Waals surface area contributed by atoms with E-state index in [-0.39, 0.29) is 0 Å². The summed E-state index contributed by atoms with van der Waals surface area (Å²) >= 11 is 0. The molecule has 0 aromatic carbocycles. The van der Waals surface area contributed by atoms with E-state index in [1.165, 1.54) is 11.8 Å². The van der Waals surface area contributed by atoms with Crippen molar-refractivity contribution < 1.29 is 13.2 Å². The van der Waals surface area contributed by atoms with Gasteiger partial charge in [-0.15, -0.1) is 0 Å². The first-order valence-electron chi connectivity index (χ1n) is 6.22. The molecule has 4 nitrogen and oxygen atoms in total. The number of rotatable bonds is 2. The van der Waals surface area contributed by atoms with Gasteiger partial charge in [0.2, 0.25) is 5.95 Å². The van der Waals surface area contributed by atoms with E-state index in [1.807, 2.05) is 11.8 Å². The van der Waals surface area contributed by atoms with Crippen LogP contribution in [0.2, 0.25) is 0 Å². The minimum atomic E-state index is -4.16. The van der Waals surface area contributed by atoms with Crippen molar-refractivity contribution in [3.63, 3.8) is 0 Å². The molecule has 0 aliphatic carbocycles. The number of anilines is 1. The Balaban J connectivity index is 1.94. The summed E-state index contributed by atoms with van der Waals surface area (Å²) in [5.74, 6) is 0.588. The molecular formula is C12H17F3N4. The Labute approximate surface area is 110 Å². The number of halogens is 3. The van der Waals surface area contributed by atoms with E-state index in [9.17, 15) is 13.2 Å². The molecule has 2 heterocycles. The highest BCUT2D eigenvalue weighted by atomic mass is 19.4. The number of aryl methyl sites for hydroxylation is 1. The zero-order valence-electron chi connectivity index (χ0n) is 11.0. The molecule has 1 saturated heterocycles. The van der Waals surface area contributed by atoms with Gasteiger partial charge >= 0.3 is 6.18 Å². The summed E-state index contributed by atoms with van der Waals surface area (Å²) in [4.78, 5) is 11.8. The monoisotopic (exact) mass is 274 g/mol. The predicted octanol–water partition coefficient (Wildman–Crippen LogP) is 1.86. The van der Waals surface area contributed by atoms with Gasteiger partial charge in [0.05, 0.1) is 0 Å². The second-order valence-electron chi connectivity index (χ2n) is 4.80. The largest absolute Gasteiger partial charge is 0.403 e. The normalized spacial score (nSPS) is 19.5. The van der Waals surface area contributed by atoms with E-state index < -0.39 is 12.2 Å². The Hall–Kier alpha value is -1.37. The maximum atomic E-state index is 12.6. The van der Waals surface area contributed by atoms with Gasteiger partial charge in [0, 0.05) is 38.6 Å². The number of alkyl halides is 3. The van der Waals surface area contributed by atoms with Crippen LogP contribution in [-0.2, 0) is 0 Å². The summed E-state index contributed by atoms with van der Waals surface area (Å²) < 4.78 is 37.9. The summed E-state index contributed by atoms with van der Waals surface area (Å²) in [7, 11) is 0. The van der Waals surface area contributed by atoms with Crippen LogP contribution in [0, 0.1) is 6.92 Å². The van der Waals surface area contributed by atoms with E-state index in [0.717, 1.165) is 5.56 Å². The van der Waals surface area contributed by atoms with Gasteiger partial charge in [0.1, 0.15) is 6.04 Å². The van der Waals surface area contributed by atoms with Gasteiger partial charge in [0.25, 0.3) is 0 Å². The molecule has 0 spiro atoms. The zero-order chi connectivity index (χ0) is 14.0. The molecule has 106 valence electrons. The first kappa shape index (κ1) is 14.0. The summed E-state index contributed by atoms with van der Waals surface area (Å²) in [6, 6.07) is -1.39. The molecule has 1 fully saturated rings. The molecule has 1 atom stereocenters. The molecule has 1 aromatic rings. The van der Waals surface area contributed by atoms with Crippen LogP contribution in [0.3, 0.4) is 0 Å². The number of piperazine rings is 1. The first-order chi connectivity index (χ1) is 8.88. The van der Waals surface area contributed by atoms with Gasteiger partial charge < -0.3 is 4.90 Å². The van der Waals surface area contributed by atoms with Gasteiger partial charge in [-0.25, -0.2) is 9.97 Å². The van der Waals surface area contributed by atoms with Crippen LogP contribution in [0.4, 0.5) is 19.1 Å². The molecule has 1 unspecified atom stereocenters. The SMILES string of the molecule is Cc1cnc(N2CCN(C(C)C(F)(F)F)CC2)nc1. The van der Waals surface area contributed by atoms with E-state index >= 15 is 0 Å². The summed E-state index contributed by atoms with van der Waals surface area (Å²) in [5.41, 5.74) is 0.966. The molecule has 0 amide bonds. The lowest BCUT2D eigenvalue weighted by Crippen LogP contribution is -2.54. The van der Waals surface area contributed by atoms with Gasteiger partial charge in [0.15, 0.2) is 0 Å². The average Bonchev–Trinajstić information content (AvgIpc) is 2.38. The van der Waals surface area contributed by atoms with Crippen molar-refractivity contribution in [2.45, 2.75) is 26.1 Å². The van der Waals surface area contributed by atoms with Crippen molar-refractivity contribution in [3.8, 4) is 0 Å². The van der Waals surface area contributed by atoms with Gasteiger partial charge in [-0.2, -0.15) is 13.2 Å². The molecule has 0 N–H and O–H groups in total. The fourth-order valence-corrected chi connectivity index (χ4v) is 2.07. The Kier molecular flexibility index (Phi) is 3.93. The highest BCUT2D eigenvalue weighted by Crippen LogP contribution is 2.25. The average molecular weight is 274 g/mol. The summed E-state index contributed by atoms with van der Waals surface area (Å²) in [6.07, 6.45) is -0.734. The quantitative estimate of drug-likeness (QED) is 0.824. The third-order valence-corrected chi connectivity index (χ3v) is 3.39. The highest BCUT2D eigenvalue weighted by Gasteiger charge is 2.40. The summed E-state index contributed by atoms with van der Waals surface area (Å²) in [5, 5.41) is 0. The third kappa shape index (κ3) is 3.34. The number of aromatic nitrogens is 2. The van der Waals surface area contributed by atoms with Crippen LogP contribution in [0.5, 0.6) is 0 Å². The van der Waals surface area contributed by atoms with Gasteiger partial charge in [-0.3, -0.25) is 4.90 Å². The standard InChI is InChI=1S/C12H17F3N4/c1-9-7-16-11(17-8-9)19-5-3-18(4-6-19)10(2)12(13,14)15/h7-8,10H,3-6H2,1-2H3. The minimum Gasteiger partial charge on any atom is -0.338 e. The number of nitrogens with zero attached hydrogens (tertiary/aromatic N) is 4. The van der Waals surface area contributed by atoms with Crippen LogP contribution in [0.1, 0.15) is 12.5 Å². The molecule has 1 aliphatic rings. The maximum absolute atomic E-state index is 12.6. The smallest absolute Gasteiger partial charge is 0.338 e. The summed E-state index contributed by atoms with van der Waals surface area (Å²) in [6.45, 7) is 4.88. The Morgan fingerprint density at radius 1 is 1.11 bits per heavy atom. The molecular weight excluding hydrogens is 257 g/mol. The molecule has 2 rings (SSSR count). The van der Waals surface area contributed by atoms with E-state index in [0.29, 0.717) is 32.1 Å². The molecule has 0 saturated carbocycles. The van der Waals surface area contributed by atoms with E-state index in [2.05, 4.69) is 9.97 Å². The van der Waals surface area contributed by atoms with Crippen molar-refractivity contribution in [1.82, 2.24) is 14.9 Å². The zero-order valence-corrected chi connectivity index (χ0v) is 11.0. The van der Waals surface area contributed by atoms with E-state index in [1.54, 1.807) is 12.4 Å². The molecule has 0 bridgehead atoms. The van der Waals surface area contributed by atoms with Crippen LogP contribution in [0.15, 0.2) is 12.4 Å².